The first-order valence-corrected chi connectivity index (χ1v) is 12.3. The molecule has 0 atom stereocenters. The SMILES string of the molecule is [CH2]CCC(=O)O[Si](Cc1ccccc1)(Cc1ccccc1)Cc1ccccc1. The molecule has 3 aromatic rings. The Labute approximate surface area is 169 Å². The fourth-order valence-corrected chi connectivity index (χ4v) is 7.75. The Balaban J connectivity index is 1.98. The van der Waals surface area contributed by atoms with Gasteiger partial charge in [0, 0.05) is 24.6 Å². The minimum atomic E-state index is -2.50. The van der Waals surface area contributed by atoms with E-state index in [9.17, 15) is 4.79 Å². The molecule has 0 aliphatic heterocycles. The number of benzene rings is 3. The van der Waals surface area contributed by atoms with Gasteiger partial charge in [0.2, 0.25) is 0 Å². The maximum absolute atomic E-state index is 12.6. The lowest BCUT2D eigenvalue weighted by Gasteiger charge is -2.32. The number of hydrogen-bond donors (Lipinski definition) is 0. The predicted octanol–water partition coefficient (Wildman–Crippen LogP) is 5.44. The van der Waals surface area contributed by atoms with Crippen LogP contribution >= 0.6 is 0 Å². The van der Waals surface area contributed by atoms with Gasteiger partial charge in [-0.05, 0) is 23.1 Å². The normalized spacial score (nSPS) is 11.2. The van der Waals surface area contributed by atoms with Crippen molar-refractivity contribution in [1.29, 1.82) is 0 Å². The molecule has 0 bridgehead atoms. The fraction of sp³-hybridized carbons (Fsp3) is 0.200. The zero-order valence-corrected chi connectivity index (χ0v) is 17.2. The number of rotatable bonds is 9. The molecule has 0 N–H and O–H groups in total. The Morgan fingerprint density at radius 3 is 1.36 bits per heavy atom. The molecule has 1 radical (unpaired) electrons. The summed E-state index contributed by atoms with van der Waals surface area (Å²) >= 11 is 0. The van der Waals surface area contributed by atoms with E-state index < -0.39 is 8.32 Å². The van der Waals surface area contributed by atoms with E-state index in [-0.39, 0.29) is 5.97 Å². The number of hydrogen-bond acceptors (Lipinski definition) is 2. The average molecular weight is 388 g/mol. The summed E-state index contributed by atoms with van der Waals surface area (Å²) in [6, 6.07) is 33.6. The van der Waals surface area contributed by atoms with Gasteiger partial charge in [0.25, 0.3) is 14.3 Å². The topological polar surface area (TPSA) is 26.3 Å². The van der Waals surface area contributed by atoms with Gasteiger partial charge < -0.3 is 4.43 Å². The van der Waals surface area contributed by atoms with E-state index >= 15 is 0 Å². The molecule has 143 valence electrons. The molecule has 28 heavy (non-hydrogen) atoms. The second-order valence-electron chi connectivity index (χ2n) is 7.25. The molecule has 0 unspecified atom stereocenters. The van der Waals surface area contributed by atoms with Crippen LogP contribution in [0.1, 0.15) is 29.5 Å². The summed E-state index contributed by atoms with van der Waals surface area (Å²) in [5.41, 5.74) is 3.68. The summed E-state index contributed by atoms with van der Waals surface area (Å²) in [7, 11) is -2.50. The lowest BCUT2D eigenvalue weighted by molar-refractivity contribution is -0.135. The van der Waals surface area contributed by atoms with E-state index in [0.717, 1.165) is 18.1 Å². The lowest BCUT2D eigenvalue weighted by atomic mass is 10.2. The van der Waals surface area contributed by atoms with Gasteiger partial charge in [0.05, 0.1) is 0 Å². The van der Waals surface area contributed by atoms with Crippen LogP contribution in [0, 0.1) is 6.92 Å². The third-order valence-electron chi connectivity index (χ3n) is 4.82. The molecule has 3 heteroatoms. The Morgan fingerprint density at radius 2 is 1.04 bits per heavy atom. The third kappa shape index (κ3) is 5.93. The van der Waals surface area contributed by atoms with E-state index in [1.54, 1.807) is 0 Å². The first-order valence-electron chi connectivity index (χ1n) is 9.82. The zero-order valence-electron chi connectivity index (χ0n) is 16.2. The molecule has 0 heterocycles. The highest BCUT2D eigenvalue weighted by Crippen LogP contribution is 2.24. The van der Waals surface area contributed by atoms with Gasteiger partial charge in [-0.3, -0.25) is 4.79 Å². The standard InChI is InChI=1S/C25H27O2Si/c1-2-12-25(26)27-28(19-22-13-6-3-7-14-22,20-23-15-8-4-9-16-23)21-24-17-10-5-11-18-24/h3-11,13-18H,1-2,12,19-21H2. The van der Waals surface area contributed by atoms with Crippen molar-refractivity contribution in [3.05, 3.63) is 115 Å². The smallest absolute Gasteiger partial charge is 0.292 e. The summed E-state index contributed by atoms with van der Waals surface area (Å²) in [6.07, 6.45) is 0.929. The van der Waals surface area contributed by atoms with E-state index in [0.29, 0.717) is 12.8 Å². The molecule has 0 saturated heterocycles. The molecule has 0 aliphatic carbocycles. The molecule has 0 fully saturated rings. The average Bonchev–Trinajstić information content (AvgIpc) is 2.70. The van der Waals surface area contributed by atoms with Gasteiger partial charge in [-0.2, -0.15) is 0 Å². The Morgan fingerprint density at radius 1 is 0.679 bits per heavy atom. The van der Waals surface area contributed by atoms with Crippen LogP contribution in [0.5, 0.6) is 0 Å². The van der Waals surface area contributed by atoms with Gasteiger partial charge in [0.1, 0.15) is 0 Å². The Kier molecular flexibility index (Phi) is 7.21. The summed E-state index contributed by atoms with van der Waals surface area (Å²) in [4.78, 5) is 12.6. The van der Waals surface area contributed by atoms with Crippen molar-refractivity contribution in [2.45, 2.75) is 31.0 Å². The van der Waals surface area contributed by atoms with Crippen LogP contribution in [0.15, 0.2) is 91.0 Å². The monoisotopic (exact) mass is 387 g/mol. The van der Waals surface area contributed by atoms with Crippen molar-refractivity contribution >= 4 is 14.3 Å². The first-order chi connectivity index (χ1) is 13.7. The molecule has 3 aromatic carbocycles. The minimum Gasteiger partial charge on any atom is -0.518 e. The van der Waals surface area contributed by atoms with Crippen LogP contribution < -0.4 is 0 Å². The largest absolute Gasteiger partial charge is 0.518 e. The fourth-order valence-electron chi connectivity index (χ4n) is 3.64. The van der Waals surface area contributed by atoms with E-state index in [4.69, 9.17) is 4.43 Å². The Hall–Kier alpha value is -2.65. The van der Waals surface area contributed by atoms with Crippen molar-refractivity contribution < 1.29 is 9.22 Å². The molecule has 0 aliphatic rings. The van der Waals surface area contributed by atoms with Crippen molar-refractivity contribution in [3.63, 3.8) is 0 Å². The second-order valence-corrected chi connectivity index (χ2v) is 10.9. The lowest BCUT2D eigenvalue weighted by Crippen LogP contribution is -2.49. The number of carbonyl (C=O) groups excluding carboxylic acids is 1. The molecular formula is C25H27O2Si. The molecule has 0 spiro atoms. The molecule has 0 amide bonds. The van der Waals surface area contributed by atoms with Crippen LogP contribution in [0.3, 0.4) is 0 Å². The maximum atomic E-state index is 12.6. The maximum Gasteiger partial charge on any atom is 0.292 e. The second kappa shape index (κ2) is 10.0. The van der Waals surface area contributed by atoms with Crippen LogP contribution in [0.2, 0.25) is 0 Å². The minimum absolute atomic E-state index is 0.121. The van der Waals surface area contributed by atoms with Gasteiger partial charge in [-0.1, -0.05) is 97.9 Å². The van der Waals surface area contributed by atoms with E-state index in [2.05, 4.69) is 79.7 Å². The summed E-state index contributed by atoms with van der Waals surface area (Å²) < 4.78 is 6.35. The van der Waals surface area contributed by atoms with Crippen LogP contribution in [-0.4, -0.2) is 14.3 Å². The highest BCUT2D eigenvalue weighted by molar-refractivity contribution is 6.73. The van der Waals surface area contributed by atoms with Crippen molar-refractivity contribution in [1.82, 2.24) is 0 Å². The molecule has 0 aromatic heterocycles. The summed E-state index contributed by atoms with van der Waals surface area (Å²) in [6.45, 7) is 3.82. The Bertz CT molecular complexity index is 746. The molecule has 0 saturated carbocycles. The third-order valence-corrected chi connectivity index (χ3v) is 8.64. The van der Waals surface area contributed by atoms with Crippen LogP contribution in [-0.2, 0) is 27.4 Å². The molecular weight excluding hydrogens is 360 g/mol. The van der Waals surface area contributed by atoms with Gasteiger partial charge in [-0.15, -0.1) is 0 Å². The summed E-state index contributed by atoms with van der Waals surface area (Å²) in [5.74, 6) is -0.121. The van der Waals surface area contributed by atoms with Crippen LogP contribution in [0.4, 0.5) is 0 Å². The van der Waals surface area contributed by atoms with Crippen LogP contribution in [0.25, 0.3) is 0 Å². The quantitative estimate of drug-likeness (QED) is 0.457. The van der Waals surface area contributed by atoms with E-state index in [1.807, 2.05) is 18.2 Å². The van der Waals surface area contributed by atoms with Gasteiger partial charge in [0.15, 0.2) is 0 Å². The van der Waals surface area contributed by atoms with E-state index in [1.165, 1.54) is 16.7 Å². The van der Waals surface area contributed by atoms with Crippen molar-refractivity contribution in [2.75, 3.05) is 0 Å². The highest BCUT2D eigenvalue weighted by Gasteiger charge is 2.39. The summed E-state index contributed by atoms with van der Waals surface area (Å²) in [5, 5.41) is 0. The molecule has 2 nitrogen and oxygen atoms in total. The van der Waals surface area contributed by atoms with Gasteiger partial charge in [-0.25, -0.2) is 0 Å². The highest BCUT2D eigenvalue weighted by atomic mass is 28.4. The first kappa shape index (κ1) is 20.1. The number of carbonyl (C=O) groups is 1. The van der Waals surface area contributed by atoms with Gasteiger partial charge >= 0.3 is 0 Å². The zero-order chi connectivity index (χ0) is 19.7. The van der Waals surface area contributed by atoms with Crippen molar-refractivity contribution in [3.8, 4) is 0 Å². The van der Waals surface area contributed by atoms with Crippen molar-refractivity contribution in [2.24, 2.45) is 0 Å². The molecule has 3 rings (SSSR count). The predicted molar refractivity (Wildman–Crippen MR) is 117 cm³/mol.